The van der Waals surface area contributed by atoms with E-state index < -0.39 is 13.9 Å². The van der Waals surface area contributed by atoms with Crippen LogP contribution in [0.15, 0.2) is 0 Å². The maximum absolute atomic E-state index is 12.1. The lowest BCUT2D eigenvalue weighted by molar-refractivity contribution is -0.870. The number of esters is 1. The van der Waals surface area contributed by atoms with Crippen LogP contribution in [-0.4, -0.2) is 70.7 Å². The van der Waals surface area contributed by atoms with Crippen molar-refractivity contribution in [1.29, 1.82) is 0 Å². The van der Waals surface area contributed by atoms with E-state index >= 15 is 0 Å². The summed E-state index contributed by atoms with van der Waals surface area (Å²) < 4.78 is 33.6. The molecule has 0 aromatic carbocycles. The van der Waals surface area contributed by atoms with E-state index in [2.05, 4.69) is 13.8 Å². The van der Waals surface area contributed by atoms with E-state index in [9.17, 15) is 14.3 Å². The predicted octanol–water partition coefficient (Wildman–Crippen LogP) is 4.84. The molecule has 198 valence electrons. The van der Waals surface area contributed by atoms with E-state index in [0.717, 1.165) is 32.1 Å². The molecule has 0 N–H and O–H groups in total. The lowest BCUT2D eigenvalue weighted by Gasteiger charge is -2.28. The molecule has 9 heteroatoms. The molecule has 0 aromatic rings. The molecule has 0 aliphatic rings. The molecule has 0 bridgehead atoms. The molecule has 0 fully saturated rings. The van der Waals surface area contributed by atoms with Crippen LogP contribution >= 0.6 is 7.82 Å². The van der Waals surface area contributed by atoms with Crippen molar-refractivity contribution in [2.75, 3.05) is 54.1 Å². The van der Waals surface area contributed by atoms with Crippen LogP contribution in [0.3, 0.4) is 0 Å². The van der Waals surface area contributed by atoms with E-state index in [1.807, 2.05) is 21.1 Å². The number of nitrogens with zero attached hydrogens (tertiary/aromatic N) is 1. The number of hydrogen-bond donors (Lipinski definition) is 0. The fraction of sp³-hybridized carbons (Fsp3) is 0.958. The van der Waals surface area contributed by atoms with Gasteiger partial charge in [-0.1, -0.05) is 71.6 Å². The van der Waals surface area contributed by atoms with Crippen LogP contribution in [0.1, 0.15) is 90.9 Å². The third-order valence-electron chi connectivity index (χ3n) is 5.16. The number of likely N-dealkylation sites (N-methyl/N-ethyl adjacent to an activating group) is 1. The molecule has 33 heavy (non-hydrogen) atoms. The van der Waals surface area contributed by atoms with Gasteiger partial charge in [-0.15, -0.1) is 0 Å². The number of rotatable bonds is 23. The van der Waals surface area contributed by atoms with E-state index in [1.165, 1.54) is 38.5 Å². The van der Waals surface area contributed by atoms with Crippen molar-refractivity contribution in [2.45, 2.75) is 97.0 Å². The van der Waals surface area contributed by atoms with Gasteiger partial charge >= 0.3 is 5.97 Å². The maximum Gasteiger partial charge on any atom is 0.306 e. The van der Waals surface area contributed by atoms with Crippen molar-refractivity contribution < 1.29 is 37.3 Å². The molecule has 0 heterocycles. The molecule has 0 spiro atoms. The Kier molecular flexibility index (Phi) is 19.5. The van der Waals surface area contributed by atoms with E-state index in [4.69, 9.17) is 18.5 Å². The molecule has 0 aliphatic carbocycles. The molecule has 0 saturated heterocycles. The van der Waals surface area contributed by atoms with Gasteiger partial charge in [0.1, 0.15) is 19.3 Å². The number of phosphoric ester groups is 1. The summed E-state index contributed by atoms with van der Waals surface area (Å²) in [5, 5.41) is 0. The zero-order valence-corrected chi connectivity index (χ0v) is 22.7. The minimum absolute atomic E-state index is 0.0285. The Bertz CT molecular complexity index is 525. The van der Waals surface area contributed by atoms with Gasteiger partial charge in [0.15, 0.2) is 0 Å². The van der Waals surface area contributed by atoms with Crippen molar-refractivity contribution in [1.82, 2.24) is 0 Å². The van der Waals surface area contributed by atoms with Gasteiger partial charge in [0.05, 0.1) is 34.4 Å². The van der Waals surface area contributed by atoms with Gasteiger partial charge in [-0.05, 0) is 12.8 Å². The summed E-state index contributed by atoms with van der Waals surface area (Å²) in [5.74, 6) is -0.362. The predicted molar refractivity (Wildman–Crippen MR) is 130 cm³/mol. The highest BCUT2D eigenvalue weighted by atomic mass is 31.2. The van der Waals surface area contributed by atoms with Crippen LogP contribution in [0.4, 0.5) is 0 Å². The third kappa shape index (κ3) is 23.0. The van der Waals surface area contributed by atoms with E-state index in [-0.39, 0.29) is 25.8 Å². The highest BCUT2D eigenvalue weighted by Gasteiger charge is 2.20. The van der Waals surface area contributed by atoms with Crippen LogP contribution in [0.2, 0.25) is 0 Å². The fourth-order valence-electron chi connectivity index (χ4n) is 3.07. The van der Waals surface area contributed by atoms with Crippen molar-refractivity contribution in [3.05, 3.63) is 0 Å². The highest BCUT2D eigenvalue weighted by Crippen LogP contribution is 2.38. The Hall–Kier alpha value is -0.500. The molecule has 0 radical (unpaired) electrons. The van der Waals surface area contributed by atoms with Crippen molar-refractivity contribution >= 4 is 13.8 Å². The average molecular weight is 496 g/mol. The topological polar surface area (TPSA) is 94.1 Å². The number of carbonyl (C=O) groups is 1. The van der Waals surface area contributed by atoms with Gasteiger partial charge in [-0.3, -0.25) is 9.36 Å². The second kappa shape index (κ2) is 19.8. The standard InChI is InChI=1S/C24H50NO7P/c1-6-8-10-11-12-13-14-16-19-29-21-23(32-24(26)17-15-9-7-2)22-31-33(27,28)30-20-18-25(3,4)5/h23H,6-22H2,1-5H3. The van der Waals surface area contributed by atoms with Gasteiger partial charge in [0.2, 0.25) is 0 Å². The second-order valence-electron chi connectivity index (χ2n) is 9.71. The third-order valence-corrected chi connectivity index (χ3v) is 6.12. The molecule has 8 nitrogen and oxygen atoms in total. The molecule has 0 aliphatic heterocycles. The summed E-state index contributed by atoms with van der Waals surface area (Å²) in [5.41, 5.74) is 0. The van der Waals surface area contributed by atoms with Crippen LogP contribution in [0.25, 0.3) is 0 Å². The number of ether oxygens (including phenoxy) is 2. The normalized spacial score (nSPS) is 14.7. The van der Waals surface area contributed by atoms with E-state index in [0.29, 0.717) is 24.1 Å². The highest BCUT2D eigenvalue weighted by molar-refractivity contribution is 7.45. The summed E-state index contributed by atoms with van der Waals surface area (Å²) in [6, 6.07) is 0. The Morgan fingerprint density at radius 1 is 0.818 bits per heavy atom. The lowest BCUT2D eigenvalue weighted by atomic mass is 10.1. The second-order valence-corrected chi connectivity index (χ2v) is 11.1. The first-order valence-electron chi connectivity index (χ1n) is 12.8. The Morgan fingerprint density at radius 3 is 2.00 bits per heavy atom. The van der Waals surface area contributed by atoms with Gasteiger partial charge in [-0.2, -0.15) is 0 Å². The zero-order valence-electron chi connectivity index (χ0n) is 21.9. The van der Waals surface area contributed by atoms with Crippen LogP contribution in [0, 0.1) is 0 Å². The number of carbonyl (C=O) groups excluding carboxylic acids is 1. The minimum Gasteiger partial charge on any atom is -0.756 e. The summed E-state index contributed by atoms with van der Waals surface area (Å²) in [6.45, 7) is 5.18. The van der Waals surface area contributed by atoms with Crippen LogP contribution in [0.5, 0.6) is 0 Å². The Balaban J connectivity index is 4.34. The molecule has 2 atom stereocenters. The largest absolute Gasteiger partial charge is 0.756 e. The maximum atomic E-state index is 12.1. The molecule has 0 rings (SSSR count). The van der Waals surface area contributed by atoms with Crippen molar-refractivity contribution in [3.63, 3.8) is 0 Å². The number of unbranched alkanes of at least 4 members (excludes halogenated alkanes) is 9. The molecule has 0 amide bonds. The Morgan fingerprint density at radius 2 is 1.39 bits per heavy atom. The molecule has 0 saturated carbocycles. The number of hydrogen-bond acceptors (Lipinski definition) is 7. The summed E-state index contributed by atoms with van der Waals surface area (Å²) in [4.78, 5) is 24.2. The minimum atomic E-state index is -4.47. The Labute approximate surface area is 202 Å². The molecule has 0 aromatic heterocycles. The fourth-order valence-corrected chi connectivity index (χ4v) is 3.80. The number of phosphoric acid groups is 1. The van der Waals surface area contributed by atoms with Crippen molar-refractivity contribution in [2.24, 2.45) is 0 Å². The van der Waals surface area contributed by atoms with Gasteiger partial charge < -0.3 is 27.9 Å². The summed E-state index contributed by atoms with van der Waals surface area (Å²) >= 11 is 0. The smallest absolute Gasteiger partial charge is 0.306 e. The van der Waals surface area contributed by atoms with Crippen molar-refractivity contribution in [3.8, 4) is 0 Å². The number of quaternary nitrogens is 1. The van der Waals surface area contributed by atoms with Crippen LogP contribution in [-0.2, 0) is 27.9 Å². The summed E-state index contributed by atoms with van der Waals surface area (Å²) in [7, 11) is 1.35. The first-order valence-corrected chi connectivity index (χ1v) is 14.2. The van der Waals surface area contributed by atoms with Crippen LogP contribution < -0.4 is 4.89 Å². The quantitative estimate of drug-likeness (QED) is 0.0866. The molecular weight excluding hydrogens is 445 g/mol. The average Bonchev–Trinajstić information content (AvgIpc) is 2.72. The van der Waals surface area contributed by atoms with Gasteiger partial charge in [0, 0.05) is 13.0 Å². The zero-order chi connectivity index (χ0) is 25.0. The first kappa shape index (κ1) is 32.5. The summed E-state index contributed by atoms with van der Waals surface area (Å²) in [6.07, 6.45) is 11.8. The first-order chi connectivity index (χ1) is 15.6. The lowest BCUT2D eigenvalue weighted by Crippen LogP contribution is -2.37. The molecule has 2 unspecified atom stereocenters. The van der Waals surface area contributed by atoms with Gasteiger partial charge in [-0.25, -0.2) is 0 Å². The van der Waals surface area contributed by atoms with Gasteiger partial charge in [0.25, 0.3) is 7.82 Å². The molecular formula is C24H50NO7P. The van der Waals surface area contributed by atoms with E-state index in [1.54, 1.807) is 0 Å². The monoisotopic (exact) mass is 495 g/mol. The SMILES string of the molecule is CCCCCCCCCCOCC(COP(=O)([O-])OCC[N+](C)(C)C)OC(=O)CCCCC.